The summed E-state index contributed by atoms with van der Waals surface area (Å²) in [4.78, 5) is 44.0. The van der Waals surface area contributed by atoms with Crippen LogP contribution in [0.15, 0.2) is 24.3 Å². The molecule has 1 fully saturated rings. The van der Waals surface area contributed by atoms with Crippen LogP contribution in [0.1, 0.15) is 45.0 Å². The lowest BCUT2D eigenvalue weighted by Gasteiger charge is -2.37. The Kier molecular flexibility index (Phi) is 9.97. The van der Waals surface area contributed by atoms with E-state index in [0.717, 1.165) is 0 Å². The molecule has 8 heteroatoms. The van der Waals surface area contributed by atoms with Crippen molar-refractivity contribution in [2.45, 2.75) is 40.7 Å². The number of carbonyl (C=O) groups is 3. The molecule has 1 unspecified atom stereocenters. The fourth-order valence-electron chi connectivity index (χ4n) is 3.80. The van der Waals surface area contributed by atoms with Crippen LogP contribution in [0.5, 0.6) is 5.75 Å². The third-order valence-electron chi connectivity index (χ3n) is 5.81. The first kappa shape index (κ1) is 25.6. The first-order chi connectivity index (χ1) is 15.3. The van der Waals surface area contributed by atoms with Crippen molar-refractivity contribution in [1.82, 2.24) is 20.0 Å². The Balaban J connectivity index is 1.93. The quantitative estimate of drug-likeness (QED) is 0.593. The summed E-state index contributed by atoms with van der Waals surface area (Å²) in [6.45, 7) is 14.5. The predicted molar refractivity (Wildman–Crippen MR) is 125 cm³/mol. The number of likely N-dealkylation sites (N-methyl/N-ethyl adjacent to an activating group) is 1. The van der Waals surface area contributed by atoms with Crippen molar-refractivity contribution in [2.75, 3.05) is 52.4 Å². The topological polar surface area (TPSA) is 82.2 Å². The summed E-state index contributed by atoms with van der Waals surface area (Å²) in [7, 11) is 0. The highest BCUT2D eigenvalue weighted by Crippen LogP contribution is 2.14. The van der Waals surface area contributed by atoms with Crippen molar-refractivity contribution < 1.29 is 19.1 Å². The lowest BCUT2D eigenvalue weighted by molar-refractivity contribution is -0.137. The number of rotatable bonds is 10. The number of piperazine rings is 1. The van der Waals surface area contributed by atoms with Gasteiger partial charge in [-0.05, 0) is 51.0 Å². The Labute approximate surface area is 191 Å². The van der Waals surface area contributed by atoms with Crippen molar-refractivity contribution in [2.24, 2.45) is 5.92 Å². The molecular formula is C24H38N4O4. The van der Waals surface area contributed by atoms with Gasteiger partial charge in [0.2, 0.25) is 11.8 Å². The normalized spacial score (nSPS) is 15.4. The van der Waals surface area contributed by atoms with Gasteiger partial charge in [0.1, 0.15) is 11.8 Å². The zero-order valence-corrected chi connectivity index (χ0v) is 20.1. The molecule has 8 nitrogen and oxygen atoms in total. The molecule has 1 N–H and O–H groups in total. The molecule has 0 saturated carbocycles. The monoisotopic (exact) mass is 446 g/mol. The van der Waals surface area contributed by atoms with Gasteiger partial charge in [-0.3, -0.25) is 19.3 Å². The molecule has 0 aliphatic carbocycles. The van der Waals surface area contributed by atoms with Gasteiger partial charge in [-0.1, -0.05) is 13.8 Å². The minimum absolute atomic E-state index is 0.0450. The van der Waals surface area contributed by atoms with E-state index in [1.54, 1.807) is 29.2 Å². The summed E-state index contributed by atoms with van der Waals surface area (Å²) in [5.74, 6) is 0.435. The Hall–Kier alpha value is -2.61. The van der Waals surface area contributed by atoms with E-state index >= 15 is 0 Å². The Morgan fingerprint density at radius 2 is 1.59 bits per heavy atom. The van der Waals surface area contributed by atoms with Gasteiger partial charge in [0.15, 0.2) is 0 Å². The SMILES string of the molecule is CCOc1ccc(C(=O)NC(C(=O)N2CCN(CC(=O)N(CC)CC)CC2)C(C)C)cc1. The molecule has 3 amide bonds. The summed E-state index contributed by atoms with van der Waals surface area (Å²) >= 11 is 0. The van der Waals surface area contributed by atoms with Crippen molar-refractivity contribution in [1.29, 1.82) is 0 Å². The maximum Gasteiger partial charge on any atom is 0.251 e. The summed E-state index contributed by atoms with van der Waals surface area (Å²) in [6, 6.07) is 6.31. The number of ether oxygens (including phenoxy) is 1. The van der Waals surface area contributed by atoms with Crippen LogP contribution in [0.25, 0.3) is 0 Å². The first-order valence-corrected chi connectivity index (χ1v) is 11.6. The predicted octanol–water partition coefficient (Wildman–Crippen LogP) is 1.85. The van der Waals surface area contributed by atoms with Gasteiger partial charge in [-0.15, -0.1) is 0 Å². The lowest BCUT2D eigenvalue weighted by Crippen LogP contribution is -2.57. The van der Waals surface area contributed by atoms with E-state index in [-0.39, 0.29) is 23.6 Å². The molecule has 1 saturated heterocycles. The van der Waals surface area contributed by atoms with E-state index in [2.05, 4.69) is 10.2 Å². The number of nitrogens with zero attached hydrogens (tertiary/aromatic N) is 3. The smallest absolute Gasteiger partial charge is 0.251 e. The van der Waals surface area contributed by atoms with Crippen LogP contribution in [0, 0.1) is 5.92 Å². The highest BCUT2D eigenvalue weighted by Gasteiger charge is 2.31. The molecule has 0 aromatic heterocycles. The zero-order chi connectivity index (χ0) is 23.7. The molecule has 0 spiro atoms. The van der Waals surface area contributed by atoms with E-state index < -0.39 is 6.04 Å². The van der Waals surface area contributed by atoms with Crippen molar-refractivity contribution in [3.8, 4) is 5.75 Å². The molecule has 1 aromatic carbocycles. The first-order valence-electron chi connectivity index (χ1n) is 11.6. The number of amides is 3. The molecule has 0 bridgehead atoms. The van der Waals surface area contributed by atoms with Crippen molar-refractivity contribution in [3.05, 3.63) is 29.8 Å². The molecule has 178 valence electrons. The molecule has 2 rings (SSSR count). The van der Waals surface area contributed by atoms with Crippen molar-refractivity contribution in [3.63, 3.8) is 0 Å². The molecule has 1 heterocycles. The number of nitrogens with one attached hydrogen (secondary N) is 1. The van der Waals surface area contributed by atoms with E-state index in [9.17, 15) is 14.4 Å². The van der Waals surface area contributed by atoms with Gasteiger partial charge in [0.25, 0.3) is 5.91 Å². The van der Waals surface area contributed by atoms with E-state index in [4.69, 9.17) is 4.74 Å². The fourth-order valence-corrected chi connectivity index (χ4v) is 3.80. The van der Waals surface area contributed by atoms with Crippen LogP contribution in [0.3, 0.4) is 0 Å². The van der Waals surface area contributed by atoms with Crippen LogP contribution >= 0.6 is 0 Å². The maximum atomic E-state index is 13.2. The number of hydrogen-bond donors (Lipinski definition) is 1. The Bertz CT molecular complexity index is 754. The second-order valence-corrected chi connectivity index (χ2v) is 8.32. The van der Waals surface area contributed by atoms with E-state index in [0.29, 0.717) is 63.7 Å². The maximum absolute atomic E-state index is 13.2. The van der Waals surface area contributed by atoms with Crippen LogP contribution in [0.2, 0.25) is 0 Å². The second-order valence-electron chi connectivity index (χ2n) is 8.32. The van der Waals surface area contributed by atoms with Gasteiger partial charge < -0.3 is 19.9 Å². The fraction of sp³-hybridized carbons (Fsp3) is 0.625. The van der Waals surface area contributed by atoms with Gasteiger partial charge in [-0.25, -0.2) is 0 Å². The average Bonchev–Trinajstić information content (AvgIpc) is 2.78. The summed E-state index contributed by atoms with van der Waals surface area (Å²) in [5.41, 5.74) is 0.492. The summed E-state index contributed by atoms with van der Waals surface area (Å²) in [5, 5.41) is 2.91. The minimum atomic E-state index is -0.599. The standard InChI is InChI=1S/C24H38N4O4/c1-6-27(7-2)21(29)17-26-13-15-28(16-14-26)24(31)22(18(4)5)25-23(30)19-9-11-20(12-10-19)32-8-3/h9-12,18,22H,6-8,13-17H2,1-5H3,(H,25,30). The lowest BCUT2D eigenvalue weighted by atomic mass is 10.0. The van der Waals surface area contributed by atoms with Crippen LogP contribution in [0.4, 0.5) is 0 Å². The molecule has 1 atom stereocenters. The second kappa shape index (κ2) is 12.4. The molecule has 1 aliphatic heterocycles. The summed E-state index contributed by atoms with van der Waals surface area (Å²) < 4.78 is 5.42. The summed E-state index contributed by atoms with van der Waals surface area (Å²) in [6.07, 6.45) is 0. The Morgan fingerprint density at radius 1 is 1.00 bits per heavy atom. The van der Waals surface area contributed by atoms with Crippen LogP contribution in [-0.4, -0.2) is 90.9 Å². The Morgan fingerprint density at radius 3 is 2.09 bits per heavy atom. The van der Waals surface area contributed by atoms with Gasteiger partial charge in [0, 0.05) is 44.8 Å². The highest BCUT2D eigenvalue weighted by atomic mass is 16.5. The average molecular weight is 447 g/mol. The third-order valence-corrected chi connectivity index (χ3v) is 5.81. The molecule has 1 aromatic rings. The third kappa shape index (κ3) is 6.95. The molecule has 32 heavy (non-hydrogen) atoms. The zero-order valence-electron chi connectivity index (χ0n) is 20.1. The number of hydrogen-bond acceptors (Lipinski definition) is 5. The van der Waals surface area contributed by atoms with Gasteiger partial charge in [0.05, 0.1) is 13.2 Å². The largest absolute Gasteiger partial charge is 0.494 e. The van der Waals surface area contributed by atoms with E-state index in [1.807, 2.05) is 39.5 Å². The van der Waals surface area contributed by atoms with Crippen LogP contribution in [-0.2, 0) is 9.59 Å². The minimum Gasteiger partial charge on any atom is -0.494 e. The number of carbonyl (C=O) groups excluding carboxylic acids is 3. The van der Waals surface area contributed by atoms with Gasteiger partial charge >= 0.3 is 0 Å². The number of benzene rings is 1. The molecular weight excluding hydrogens is 408 g/mol. The van der Waals surface area contributed by atoms with Crippen LogP contribution < -0.4 is 10.1 Å². The molecule has 1 aliphatic rings. The van der Waals surface area contributed by atoms with E-state index in [1.165, 1.54) is 0 Å². The molecule has 0 radical (unpaired) electrons. The van der Waals surface area contributed by atoms with Gasteiger partial charge in [-0.2, -0.15) is 0 Å². The van der Waals surface area contributed by atoms with Crippen molar-refractivity contribution >= 4 is 17.7 Å². The highest BCUT2D eigenvalue weighted by molar-refractivity contribution is 5.97.